The standard InChI is InChI=1S/C15H13BrN4S/c1-20(10-11-5-7-12(16)8-6-11)15-19-18-14(21-15)13-4-2-3-9-17-13/h2-9H,10H2,1H3. The SMILES string of the molecule is CN(Cc1ccc(Br)cc1)c1nnc(-c2ccccn2)s1. The molecule has 0 amide bonds. The fraction of sp³-hybridized carbons (Fsp3) is 0.133. The molecule has 6 heteroatoms. The highest BCUT2D eigenvalue weighted by Gasteiger charge is 2.11. The molecule has 2 heterocycles. The molecule has 21 heavy (non-hydrogen) atoms. The number of nitrogens with zero attached hydrogens (tertiary/aromatic N) is 4. The number of anilines is 1. The third kappa shape index (κ3) is 3.46. The van der Waals surface area contributed by atoms with E-state index in [0.717, 1.165) is 26.9 Å². The zero-order valence-corrected chi connectivity index (χ0v) is 13.8. The first kappa shape index (κ1) is 14.2. The topological polar surface area (TPSA) is 41.9 Å². The van der Waals surface area contributed by atoms with Crippen molar-refractivity contribution < 1.29 is 0 Å². The van der Waals surface area contributed by atoms with E-state index < -0.39 is 0 Å². The molecular formula is C15H13BrN4S. The third-order valence-electron chi connectivity index (χ3n) is 2.96. The molecule has 3 rings (SSSR count). The molecule has 1 aromatic carbocycles. The van der Waals surface area contributed by atoms with Gasteiger partial charge in [0, 0.05) is 24.3 Å². The zero-order valence-electron chi connectivity index (χ0n) is 11.4. The molecule has 0 saturated heterocycles. The Morgan fingerprint density at radius 1 is 1.10 bits per heavy atom. The van der Waals surface area contributed by atoms with Crippen molar-refractivity contribution in [3.05, 3.63) is 58.7 Å². The Morgan fingerprint density at radius 3 is 2.62 bits per heavy atom. The van der Waals surface area contributed by atoms with Gasteiger partial charge in [-0.15, -0.1) is 10.2 Å². The van der Waals surface area contributed by atoms with Gasteiger partial charge in [0.05, 0.1) is 0 Å². The summed E-state index contributed by atoms with van der Waals surface area (Å²) in [6.45, 7) is 0.796. The second kappa shape index (κ2) is 6.32. The molecule has 0 aliphatic carbocycles. The first-order chi connectivity index (χ1) is 10.2. The maximum absolute atomic E-state index is 4.30. The highest BCUT2D eigenvalue weighted by atomic mass is 79.9. The molecule has 3 aromatic rings. The molecule has 0 spiro atoms. The minimum atomic E-state index is 0.796. The highest BCUT2D eigenvalue weighted by Crippen LogP contribution is 2.27. The van der Waals surface area contributed by atoms with Crippen molar-refractivity contribution in [2.75, 3.05) is 11.9 Å². The lowest BCUT2D eigenvalue weighted by Gasteiger charge is -2.14. The van der Waals surface area contributed by atoms with Crippen LogP contribution in [0.2, 0.25) is 0 Å². The van der Waals surface area contributed by atoms with Crippen LogP contribution in [0.25, 0.3) is 10.7 Å². The predicted molar refractivity (Wildman–Crippen MR) is 89.4 cm³/mol. The second-order valence-corrected chi connectivity index (χ2v) is 6.46. The molecular weight excluding hydrogens is 348 g/mol. The Labute approximate surface area is 135 Å². The average Bonchev–Trinajstić information content (AvgIpc) is 3.00. The molecule has 0 aliphatic rings. The van der Waals surface area contributed by atoms with Crippen LogP contribution in [0.5, 0.6) is 0 Å². The average molecular weight is 361 g/mol. The Morgan fingerprint density at radius 2 is 1.90 bits per heavy atom. The summed E-state index contributed by atoms with van der Waals surface area (Å²) < 4.78 is 1.09. The normalized spacial score (nSPS) is 10.6. The summed E-state index contributed by atoms with van der Waals surface area (Å²) in [4.78, 5) is 6.39. The Hall–Kier alpha value is -1.79. The van der Waals surface area contributed by atoms with E-state index in [1.807, 2.05) is 37.4 Å². The lowest BCUT2D eigenvalue weighted by Crippen LogP contribution is -2.15. The van der Waals surface area contributed by atoms with Crippen molar-refractivity contribution in [2.24, 2.45) is 0 Å². The molecule has 106 valence electrons. The molecule has 0 fully saturated rings. The van der Waals surface area contributed by atoms with E-state index >= 15 is 0 Å². The van der Waals surface area contributed by atoms with Gasteiger partial charge in [-0.3, -0.25) is 4.98 Å². The number of benzene rings is 1. The smallest absolute Gasteiger partial charge is 0.208 e. The van der Waals surface area contributed by atoms with Crippen LogP contribution < -0.4 is 4.90 Å². The van der Waals surface area contributed by atoms with Crippen molar-refractivity contribution in [2.45, 2.75) is 6.54 Å². The number of pyridine rings is 1. The van der Waals surface area contributed by atoms with E-state index in [-0.39, 0.29) is 0 Å². The number of halogens is 1. The van der Waals surface area contributed by atoms with Crippen LogP contribution in [0.4, 0.5) is 5.13 Å². The summed E-state index contributed by atoms with van der Waals surface area (Å²) >= 11 is 4.99. The van der Waals surface area contributed by atoms with Crippen LogP contribution in [0.15, 0.2) is 53.1 Å². The monoisotopic (exact) mass is 360 g/mol. The Bertz CT molecular complexity index is 712. The van der Waals surface area contributed by atoms with Gasteiger partial charge in [0.25, 0.3) is 0 Å². The summed E-state index contributed by atoms with van der Waals surface area (Å²) in [6.07, 6.45) is 1.77. The van der Waals surface area contributed by atoms with Crippen LogP contribution in [-0.4, -0.2) is 22.2 Å². The van der Waals surface area contributed by atoms with E-state index in [4.69, 9.17) is 0 Å². The van der Waals surface area contributed by atoms with Crippen molar-refractivity contribution in [3.63, 3.8) is 0 Å². The first-order valence-electron chi connectivity index (χ1n) is 6.43. The lowest BCUT2D eigenvalue weighted by atomic mass is 10.2. The Kier molecular flexibility index (Phi) is 4.26. The van der Waals surface area contributed by atoms with Crippen LogP contribution in [0.3, 0.4) is 0 Å². The lowest BCUT2D eigenvalue weighted by molar-refractivity contribution is 0.894. The maximum Gasteiger partial charge on any atom is 0.208 e. The number of hydrogen-bond acceptors (Lipinski definition) is 5. The van der Waals surface area contributed by atoms with E-state index in [1.54, 1.807) is 17.5 Å². The van der Waals surface area contributed by atoms with Crippen molar-refractivity contribution in [3.8, 4) is 10.7 Å². The summed E-state index contributed by atoms with van der Waals surface area (Å²) in [5.74, 6) is 0. The molecule has 0 unspecified atom stereocenters. The predicted octanol–water partition coefficient (Wildman–Crippen LogP) is 4.00. The summed E-state index contributed by atoms with van der Waals surface area (Å²) in [5.41, 5.74) is 2.09. The minimum Gasteiger partial charge on any atom is -0.345 e. The third-order valence-corrected chi connectivity index (χ3v) is 4.55. The minimum absolute atomic E-state index is 0.796. The second-order valence-electron chi connectivity index (χ2n) is 4.59. The van der Waals surface area contributed by atoms with Crippen molar-refractivity contribution in [1.82, 2.24) is 15.2 Å². The van der Waals surface area contributed by atoms with E-state index in [2.05, 4.69) is 48.1 Å². The number of hydrogen-bond donors (Lipinski definition) is 0. The highest BCUT2D eigenvalue weighted by molar-refractivity contribution is 9.10. The summed E-state index contributed by atoms with van der Waals surface area (Å²) in [6, 6.07) is 14.1. The number of rotatable bonds is 4. The van der Waals surface area contributed by atoms with Crippen molar-refractivity contribution in [1.29, 1.82) is 0 Å². The zero-order chi connectivity index (χ0) is 14.7. The molecule has 4 nitrogen and oxygen atoms in total. The largest absolute Gasteiger partial charge is 0.345 e. The van der Waals surface area contributed by atoms with Gasteiger partial charge in [-0.25, -0.2) is 0 Å². The van der Waals surface area contributed by atoms with Crippen LogP contribution in [-0.2, 0) is 6.54 Å². The Balaban J connectivity index is 1.75. The quantitative estimate of drug-likeness (QED) is 0.705. The number of aromatic nitrogens is 3. The van der Waals surface area contributed by atoms with Gasteiger partial charge in [-0.05, 0) is 29.8 Å². The van der Waals surface area contributed by atoms with Gasteiger partial charge >= 0.3 is 0 Å². The van der Waals surface area contributed by atoms with Crippen molar-refractivity contribution >= 4 is 32.4 Å². The molecule has 0 N–H and O–H groups in total. The molecule has 0 atom stereocenters. The summed E-state index contributed by atoms with van der Waals surface area (Å²) in [7, 11) is 2.02. The molecule has 0 saturated carbocycles. The molecule has 0 aliphatic heterocycles. The van der Waals surface area contributed by atoms with Gasteiger partial charge in [0.2, 0.25) is 5.13 Å². The van der Waals surface area contributed by atoms with Gasteiger partial charge in [-0.1, -0.05) is 45.5 Å². The summed E-state index contributed by atoms with van der Waals surface area (Å²) in [5, 5.41) is 10.2. The van der Waals surface area contributed by atoms with E-state index in [9.17, 15) is 0 Å². The first-order valence-corrected chi connectivity index (χ1v) is 8.04. The van der Waals surface area contributed by atoms with E-state index in [1.165, 1.54) is 5.56 Å². The fourth-order valence-corrected chi connectivity index (χ4v) is 2.94. The van der Waals surface area contributed by atoms with Gasteiger partial charge < -0.3 is 4.90 Å². The molecule has 0 radical (unpaired) electrons. The van der Waals surface area contributed by atoms with Crippen LogP contribution in [0.1, 0.15) is 5.56 Å². The van der Waals surface area contributed by atoms with Gasteiger partial charge in [-0.2, -0.15) is 0 Å². The maximum atomic E-state index is 4.30. The van der Waals surface area contributed by atoms with Crippen LogP contribution >= 0.6 is 27.3 Å². The van der Waals surface area contributed by atoms with Crippen LogP contribution in [0, 0.1) is 0 Å². The van der Waals surface area contributed by atoms with Gasteiger partial charge in [0.1, 0.15) is 5.69 Å². The molecule has 2 aromatic heterocycles. The van der Waals surface area contributed by atoms with E-state index in [0.29, 0.717) is 0 Å². The van der Waals surface area contributed by atoms with Gasteiger partial charge in [0.15, 0.2) is 5.01 Å². The molecule has 0 bridgehead atoms. The fourth-order valence-electron chi connectivity index (χ4n) is 1.89.